The van der Waals surface area contributed by atoms with Crippen LogP contribution >= 0.6 is 0 Å². The van der Waals surface area contributed by atoms with Crippen LogP contribution in [0, 0.1) is 34.3 Å². The summed E-state index contributed by atoms with van der Waals surface area (Å²) < 4.78 is 0. The van der Waals surface area contributed by atoms with Gasteiger partial charge in [0.25, 0.3) is 0 Å². The molecule has 0 saturated carbocycles. The summed E-state index contributed by atoms with van der Waals surface area (Å²) in [6.45, 7) is 16.0. The standard InChI is InChI=1S/C33H27N3/c1-21-13-22(2)16-26(15-21)32-33(27-17-23(3)14-24(4)18-27)36-31(20-35-32)30-19-28(34-5)11-12-29(30)25-9-7-6-8-10-25/h6-20H,1-4H3. The molecule has 0 fully saturated rings. The van der Waals surface area contributed by atoms with Crippen LogP contribution in [0.3, 0.4) is 0 Å². The van der Waals surface area contributed by atoms with Crippen LogP contribution in [0.1, 0.15) is 22.3 Å². The smallest absolute Gasteiger partial charge is 0.187 e. The molecule has 36 heavy (non-hydrogen) atoms. The number of rotatable bonds is 4. The van der Waals surface area contributed by atoms with Crippen molar-refractivity contribution < 1.29 is 0 Å². The summed E-state index contributed by atoms with van der Waals surface area (Å²) in [7, 11) is 0. The maximum absolute atomic E-state index is 7.58. The quantitative estimate of drug-likeness (QED) is 0.248. The second kappa shape index (κ2) is 9.60. The minimum atomic E-state index is 0.581. The highest BCUT2D eigenvalue weighted by atomic mass is 14.8. The Kier molecular flexibility index (Phi) is 6.19. The molecule has 5 rings (SSSR count). The lowest BCUT2D eigenvalue weighted by Gasteiger charge is -2.15. The molecule has 0 saturated heterocycles. The molecule has 0 unspecified atom stereocenters. The predicted molar refractivity (Wildman–Crippen MR) is 149 cm³/mol. The Morgan fingerprint density at radius 2 is 1.17 bits per heavy atom. The van der Waals surface area contributed by atoms with Crippen molar-refractivity contribution in [3.05, 3.63) is 125 Å². The molecular formula is C33H27N3. The Labute approximate surface area is 213 Å². The van der Waals surface area contributed by atoms with Gasteiger partial charge in [0.1, 0.15) is 0 Å². The summed E-state index contributed by atoms with van der Waals surface area (Å²) in [5.74, 6) is 0. The van der Waals surface area contributed by atoms with Gasteiger partial charge in [-0.15, -0.1) is 0 Å². The number of aromatic nitrogens is 2. The third-order valence-electron chi connectivity index (χ3n) is 6.26. The molecule has 4 aromatic carbocycles. The zero-order chi connectivity index (χ0) is 25.2. The first kappa shape index (κ1) is 23.2. The van der Waals surface area contributed by atoms with E-state index in [0.29, 0.717) is 5.69 Å². The Morgan fingerprint density at radius 1 is 0.583 bits per heavy atom. The molecule has 3 nitrogen and oxygen atoms in total. The first-order valence-corrected chi connectivity index (χ1v) is 12.0. The average molecular weight is 466 g/mol. The van der Waals surface area contributed by atoms with Crippen LogP contribution in [0.4, 0.5) is 5.69 Å². The lowest BCUT2D eigenvalue weighted by Crippen LogP contribution is -1.98. The molecule has 5 aromatic rings. The van der Waals surface area contributed by atoms with E-state index in [1.54, 1.807) is 0 Å². The van der Waals surface area contributed by atoms with E-state index in [4.69, 9.17) is 16.5 Å². The Bertz CT molecular complexity index is 1590. The first-order chi connectivity index (χ1) is 17.4. The summed E-state index contributed by atoms with van der Waals surface area (Å²) in [6, 6.07) is 29.0. The van der Waals surface area contributed by atoms with Crippen molar-refractivity contribution in [1.82, 2.24) is 9.97 Å². The lowest BCUT2D eigenvalue weighted by atomic mass is 9.95. The van der Waals surface area contributed by atoms with Gasteiger partial charge in [-0.3, -0.25) is 4.98 Å². The van der Waals surface area contributed by atoms with E-state index in [-0.39, 0.29) is 0 Å². The van der Waals surface area contributed by atoms with Gasteiger partial charge in [-0.2, -0.15) is 0 Å². The van der Waals surface area contributed by atoms with Crippen molar-refractivity contribution in [2.75, 3.05) is 0 Å². The second-order valence-electron chi connectivity index (χ2n) is 9.41. The van der Waals surface area contributed by atoms with Gasteiger partial charge >= 0.3 is 0 Å². The van der Waals surface area contributed by atoms with Crippen LogP contribution in [0.25, 0.3) is 49.7 Å². The number of hydrogen-bond donors (Lipinski definition) is 0. The molecule has 0 atom stereocenters. The van der Waals surface area contributed by atoms with Gasteiger partial charge in [0.05, 0.1) is 29.9 Å². The summed E-state index contributed by atoms with van der Waals surface area (Å²) in [5.41, 5.74) is 12.9. The molecule has 0 bridgehead atoms. The van der Waals surface area contributed by atoms with Crippen LogP contribution in [0.15, 0.2) is 91.1 Å². The van der Waals surface area contributed by atoms with Crippen molar-refractivity contribution in [3.8, 4) is 44.9 Å². The zero-order valence-electron chi connectivity index (χ0n) is 21.0. The van der Waals surface area contributed by atoms with Crippen molar-refractivity contribution >= 4 is 5.69 Å². The molecule has 0 amide bonds. The molecule has 0 radical (unpaired) electrons. The van der Waals surface area contributed by atoms with Gasteiger partial charge in [-0.25, -0.2) is 9.83 Å². The molecule has 1 heterocycles. The summed E-state index contributed by atoms with van der Waals surface area (Å²) >= 11 is 0. The minimum absolute atomic E-state index is 0.581. The van der Waals surface area contributed by atoms with Gasteiger partial charge < -0.3 is 0 Å². The highest BCUT2D eigenvalue weighted by Crippen LogP contribution is 2.37. The molecule has 3 heteroatoms. The Morgan fingerprint density at radius 3 is 1.75 bits per heavy atom. The topological polar surface area (TPSA) is 30.1 Å². The SMILES string of the molecule is [C-]#[N+]c1ccc(-c2ccccc2)c(-c2cnc(-c3cc(C)cc(C)c3)c(-c3cc(C)cc(C)c3)n2)c1. The monoisotopic (exact) mass is 465 g/mol. The van der Waals surface area contributed by atoms with Crippen molar-refractivity contribution in [1.29, 1.82) is 0 Å². The van der Waals surface area contributed by atoms with Crippen LogP contribution < -0.4 is 0 Å². The summed E-state index contributed by atoms with van der Waals surface area (Å²) in [6.07, 6.45) is 1.84. The summed E-state index contributed by atoms with van der Waals surface area (Å²) in [5, 5.41) is 0. The number of hydrogen-bond acceptors (Lipinski definition) is 2. The van der Waals surface area contributed by atoms with Crippen molar-refractivity contribution in [2.24, 2.45) is 0 Å². The van der Waals surface area contributed by atoms with E-state index in [9.17, 15) is 0 Å². The predicted octanol–water partition coefficient (Wildman–Crippen LogP) is 8.93. The van der Waals surface area contributed by atoms with E-state index >= 15 is 0 Å². The molecule has 174 valence electrons. The third kappa shape index (κ3) is 4.67. The van der Waals surface area contributed by atoms with Crippen LogP contribution in [0.2, 0.25) is 0 Å². The highest BCUT2D eigenvalue weighted by molar-refractivity contribution is 5.87. The molecular weight excluding hydrogens is 438 g/mol. The van der Waals surface area contributed by atoms with Crippen LogP contribution in [-0.4, -0.2) is 9.97 Å². The minimum Gasteiger partial charge on any atom is -0.252 e. The molecule has 0 N–H and O–H groups in total. The number of benzene rings is 4. The maximum Gasteiger partial charge on any atom is 0.187 e. The van der Waals surface area contributed by atoms with Gasteiger partial charge in [-0.05, 0) is 74.7 Å². The average Bonchev–Trinajstić information content (AvgIpc) is 2.87. The van der Waals surface area contributed by atoms with E-state index < -0.39 is 0 Å². The van der Waals surface area contributed by atoms with E-state index in [1.807, 2.05) is 42.6 Å². The maximum atomic E-state index is 7.58. The highest BCUT2D eigenvalue weighted by Gasteiger charge is 2.17. The third-order valence-corrected chi connectivity index (χ3v) is 6.26. The van der Waals surface area contributed by atoms with Crippen LogP contribution in [0.5, 0.6) is 0 Å². The largest absolute Gasteiger partial charge is 0.252 e. The molecule has 0 spiro atoms. The molecule has 0 aliphatic carbocycles. The van der Waals surface area contributed by atoms with Crippen LogP contribution in [-0.2, 0) is 0 Å². The first-order valence-electron chi connectivity index (χ1n) is 12.0. The normalized spacial score (nSPS) is 10.8. The molecule has 0 aliphatic rings. The fourth-order valence-corrected chi connectivity index (χ4v) is 4.84. The van der Waals surface area contributed by atoms with E-state index in [2.05, 4.69) is 81.1 Å². The van der Waals surface area contributed by atoms with Crippen molar-refractivity contribution in [3.63, 3.8) is 0 Å². The van der Waals surface area contributed by atoms with Gasteiger partial charge in [-0.1, -0.05) is 76.9 Å². The molecule has 1 aromatic heterocycles. The van der Waals surface area contributed by atoms with Crippen molar-refractivity contribution in [2.45, 2.75) is 27.7 Å². The molecule has 0 aliphatic heterocycles. The van der Waals surface area contributed by atoms with Gasteiger partial charge in [0, 0.05) is 11.1 Å². The van der Waals surface area contributed by atoms with E-state index in [0.717, 1.165) is 44.9 Å². The number of nitrogens with zero attached hydrogens (tertiary/aromatic N) is 3. The number of aryl methyl sites for hydroxylation is 4. The Balaban J connectivity index is 1.79. The van der Waals surface area contributed by atoms with Gasteiger partial charge in [0.15, 0.2) is 5.69 Å². The van der Waals surface area contributed by atoms with E-state index in [1.165, 1.54) is 22.3 Å². The lowest BCUT2D eigenvalue weighted by molar-refractivity contribution is 1.20. The fraction of sp³-hybridized carbons (Fsp3) is 0.121. The fourth-order valence-electron chi connectivity index (χ4n) is 4.84. The Hall–Kier alpha value is -4.55. The van der Waals surface area contributed by atoms with Gasteiger partial charge in [0.2, 0.25) is 0 Å². The second-order valence-corrected chi connectivity index (χ2v) is 9.41. The zero-order valence-corrected chi connectivity index (χ0v) is 21.0. The summed E-state index contributed by atoms with van der Waals surface area (Å²) in [4.78, 5) is 13.9.